The maximum atomic E-state index is 12.4. The van der Waals surface area contributed by atoms with Gasteiger partial charge in [0.2, 0.25) is 16.2 Å². The molecule has 2 atom stereocenters. The normalized spacial score (nSPS) is 17.6. The summed E-state index contributed by atoms with van der Waals surface area (Å²) in [6.07, 6.45) is 9.66. The predicted molar refractivity (Wildman–Crippen MR) is 146 cm³/mol. The lowest BCUT2D eigenvalue weighted by Crippen LogP contribution is -2.14. The lowest BCUT2D eigenvalue weighted by atomic mass is 9.94. The molecule has 1 aliphatic carbocycles. The predicted octanol–water partition coefficient (Wildman–Crippen LogP) is 5.36. The number of hydrogen-bond acceptors (Lipinski definition) is 10. The third-order valence-electron chi connectivity index (χ3n) is 6.22. The molecule has 4 aromatic rings. The topological polar surface area (TPSA) is 118 Å². The van der Waals surface area contributed by atoms with Crippen molar-refractivity contribution < 1.29 is 4.79 Å². The fourth-order valence-corrected chi connectivity index (χ4v) is 6.30. The van der Waals surface area contributed by atoms with Crippen LogP contribution in [0, 0.1) is 0 Å². The second kappa shape index (κ2) is 12.1. The Bertz CT molecular complexity index is 1220. The van der Waals surface area contributed by atoms with Gasteiger partial charge in [0.05, 0.1) is 6.42 Å². The zero-order valence-electron chi connectivity index (χ0n) is 20.3. The first kappa shape index (κ1) is 25.1. The molecule has 2 N–H and O–H groups in total. The molecule has 37 heavy (non-hydrogen) atoms. The van der Waals surface area contributed by atoms with E-state index in [2.05, 4.69) is 47.6 Å². The Morgan fingerprint density at radius 3 is 1.95 bits per heavy atom. The van der Waals surface area contributed by atoms with Gasteiger partial charge in [0.15, 0.2) is 0 Å². The van der Waals surface area contributed by atoms with Crippen molar-refractivity contribution in [3.63, 3.8) is 0 Å². The second-order valence-electron chi connectivity index (χ2n) is 9.08. The standard InChI is InChI=1S/C26H28N8OS2/c1-17(14-20-10-4-6-12-27-20)29-25-33-31-23(36-25)18-8-2-3-9-19(15-18)24-32-34-26(37-24)30-22(35)16-21-11-5-7-13-28-21/h4-7,10-13,18-19H,1-3,8-9,14-16H2,(H,29,33)(H,30,34,35). The first-order chi connectivity index (χ1) is 18.1. The Hall–Kier alpha value is -3.57. The Balaban J connectivity index is 1.18. The smallest absolute Gasteiger partial charge is 0.232 e. The summed E-state index contributed by atoms with van der Waals surface area (Å²) in [4.78, 5) is 21.0. The molecule has 1 amide bonds. The molecule has 0 aromatic carbocycles. The van der Waals surface area contributed by atoms with Crippen LogP contribution in [0.25, 0.3) is 0 Å². The largest absolute Gasteiger partial charge is 0.334 e. The van der Waals surface area contributed by atoms with Crippen molar-refractivity contribution in [2.45, 2.75) is 56.8 Å². The Morgan fingerprint density at radius 2 is 1.38 bits per heavy atom. The van der Waals surface area contributed by atoms with E-state index in [1.165, 1.54) is 11.3 Å². The van der Waals surface area contributed by atoms with Crippen molar-refractivity contribution in [2.24, 2.45) is 0 Å². The first-order valence-corrected chi connectivity index (χ1v) is 14.0. The van der Waals surface area contributed by atoms with Gasteiger partial charge in [0, 0.05) is 47.7 Å². The average molecular weight is 533 g/mol. The van der Waals surface area contributed by atoms with Crippen molar-refractivity contribution >= 4 is 38.8 Å². The lowest BCUT2D eigenvalue weighted by molar-refractivity contribution is -0.115. The van der Waals surface area contributed by atoms with Gasteiger partial charge in [-0.15, -0.1) is 20.4 Å². The van der Waals surface area contributed by atoms with E-state index in [1.54, 1.807) is 23.7 Å². The third kappa shape index (κ3) is 7.01. The van der Waals surface area contributed by atoms with Crippen LogP contribution in [0.2, 0.25) is 0 Å². The third-order valence-corrected chi connectivity index (χ3v) is 8.22. The molecular formula is C26H28N8OS2. The number of allylic oxidation sites excluding steroid dienone is 1. The van der Waals surface area contributed by atoms with Crippen molar-refractivity contribution in [3.05, 3.63) is 82.5 Å². The lowest BCUT2D eigenvalue weighted by Gasteiger charge is -2.15. The van der Waals surface area contributed by atoms with Crippen molar-refractivity contribution in [1.82, 2.24) is 30.4 Å². The second-order valence-corrected chi connectivity index (χ2v) is 11.1. The number of nitrogens with one attached hydrogen (secondary N) is 2. The van der Waals surface area contributed by atoms with Crippen LogP contribution < -0.4 is 10.6 Å². The minimum Gasteiger partial charge on any atom is -0.334 e. The molecule has 0 aliphatic heterocycles. The van der Waals surface area contributed by atoms with Crippen LogP contribution in [0.5, 0.6) is 0 Å². The molecule has 0 saturated heterocycles. The van der Waals surface area contributed by atoms with E-state index < -0.39 is 0 Å². The van der Waals surface area contributed by atoms with E-state index in [-0.39, 0.29) is 18.2 Å². The minimum absolute atomic E-state index is 0.140. The SMILES string of the molecule is C=C(Cc1ccccn1)Nc1nnc(C2CCCCC(c3nnc(NC(=O)Cc4ccccn4)s3)C2)s1. The van der Waals surface area contributed by atoms with Gasteiger partial charge in [-0.25, -0.2) is 0 Å². The zero-order valence-corrected chi connectivity index (χ0v) is 22.0. The quantitative estimate of drug-likeness (QED) is 0.277. The number of amides is 1. The molecule has 1 fully saturated rings. The van der Waals surface area contributed by atoms with E-state index in [9.17, 15) is 4.79 Å². The van der Waals surface area contributed by atoms with Crippen LogP contribution in [-0.2, 0) is 17.6 Å². The molecule has 0 bridgehead atoms. The summed E-state index contributed by atoms with van der Waals surface area (Å²) in [6.45, 7) is 4.12. The summed E-state index contributed by atoms with van der Waals surface area (Å²) >= 11 is 3.05. The molecule has 2 unspecified atom stereocenters. The van der Waals surface area contributed by atoms with Crippen molar-refractivity contribution in [3.8, 4) is 0 Å². The molecule has 5 rings (SSSR count). The van der Waals surface area contributed by atoms with Gasteiger partial charge in [-0.2, -0.15) is 0 Å². The van der Waals surface area contributed by atoms with Gasteiger partial charge in [0.1, 0.15) is 10.0 Å². The van der Waals surface area contributed by atoms with Crippen LogP contribution in [0.1, 0.15) is 65.3 Å². The number of pyridine rings is 2. The van der Waals surface area contributed by atoms with Crippen LogP contribution >= 0.6 is 22.7 Å². The molecule has 11 heteroatoms. The Morgan fingerprint density at radius 1 is 0.811 bits per heavy atom. The number of carbonyl (C=O) groups excluding carboxylic acids is 1. The molecule has 4 aromatic heterocycles. The van der Waals surface area contributed by atoms with E-state index in [4.69, 9.17) is 0 Å². The number of hydrogen-bond donors (Lipinski definition) is 2. The molecule has 1 saturated carbocycles. The summed E-state index contributed by atoms with van der Waals surface area (Å²) in [5.74, 6) is 0.459. The zero-order chi connectivity index (χ0) is 25.5. The van der Waals surface area contributed by atoms with E-state index in [0.717, 1.165) is 64.3 Å². The molecule has 190 valence electrons. The maximum absolute atomic E-state index is 12.4. The highest BCUT2D eigenvalue weighted by molar-refractivity contribution is 7.15. The summed E-state index contributed by atoms with van der Waals surface area (Å²) in [5, 5.41) is 27.0. The van der Waals surface area contributed by atoms with Crippen LogP contribution in [-0.4, -0.2) is 36.3 Å². The van der Waals surface area contributed by atoms with E-state index >= 15 is 0 Å². The monoisotopic (exact) mass is 532 g/mol. The summed E-state index contributed by atoms with van der Waals surface area (Å²) in [6, 6.07) is 11.4. The summed E-state index contributed by atoms with van der Waals surface area (Å²) in [5.41, 5.74) is 2.52. The van der Waals surface area contributed by atoms with Gasteiger partial charge in [0.25, 0.3) is 0 Å². The summed E-state index contributed by atoms with van der Waals surface area (Å²) in [7, 11) is 0. The molecule has 0 radical (unpaired) electrons. The molecule has 1 aliphatic rings. The molecule has 0 spiro atoms. The maximum Gasteiger partial charge on any atom is 0.232 e. The highest BCUT2D eigenvalue weighted by atomic mass is 32.1. The number of nitrogens with zero attached hydrogens (tertiary/aromatic N) is 6. The van der Waals surface area contributed by atoms with Crippen LogP contribution in [0.4, 0.5) is 10.3 Å². The fourth-order valence-electron chi connectivity index (χ4n) is 4.46. The average Bonchev–Trinajstić information content (AvgIpc) is 3.49. The highest BCUT2D eigenvalue weighted by Gasteiger charge is 2.28. The number of carbonyl (C=O) groups is 1. The number of anilines is 2. The van der Waals surface area contributed by atoms with Crippen molar-refractivity contribution in [2.75, 3.05) is 10.6 Å². The van der Waals surface area contributed by atoms with Crippen LogP contribution in [0.3, 0.4) is 0 Å². The van der Waals surface area contributed by atoms with Gasteiger partial charge in [-0.05, 0) is 43.5 Å². The number of rotatable bonds is 9. The first-order valence-electron chi connectivity index (χ1n) is 12.3. The molecular weight excluding hydrogens is 504 g/mol. The Kier molecular flexibility index (Phi) is 8.21. The van der Waals surface area contributed by atoms with Gasteiger partial charge in [-0.1, -0.05) is 54.2 Å². The van der Waals surface area contributed by atoms with E-state index in [1.807, 2.05) is 36.4 Å². The molecule has 4 heterocycles. The Labute approximate surface area is 223 Å². The van der Waals surface area contributed by atoms with Gasteiger partial charge < -0.3 is 10.6 Å². The highest BCUT2D eigenvalue weighted by Crippen LogP contribution is 2.42. The van der Waals surface area contributed by atoms with Crippen LogP contribution in [0.15, 0.2) is 61.1 Å². The number of aromatic nitrogens is 6. The summed E-state index contributed by atoms with van der Waals surface area (Å²) < 4.78 is 0. The van der Waals surface area contributed by atoms with Gasteiger partial charge >= 0.3 is 0 Å². The fraction of sp³-hybridized carbons (Fsp3) is 0.346. The van der Waals surface area contributed by atoms with Crippen molar-refractivity contribution in [1.29, 1.82) is 0 Å². The minimum atomic E-state index is -0.140. The van der Waals surface area contributed by atoms with Gasteiger partial charge in [-0.3, -0.25) is 14.8 Å². The molecule has 9 nitrogen and oxygen atoms in total. The van der Waals surface area contributed by atoms with E-state index in [0.29, 0.717) is 17.5 Å².